The van der Waals surface area contributed by atoms with E-state index in [1.165, 1.54) is 27.8 Å². The van der Waals surface area contributed by atoms with Crippen molar-refractivity contribution < 1.29 is 9.90 Å². The number of aromatic nitrogens is 1. The first-order chi connectivity index (χ1) is 5.75. The van der Waals surface area contributed by atoms with Gasteiger partial charge in [-0.15, -0.1) is 0 Å². The summed E-state index contributed by atoms with van der Waals surface area (Å²) >= 11 is 0. The zero-order chi connectivity index (χ0) is 8.97. The van der Waals surface area contributed by atoms with Crippen LogP contribution in [0.4, 0.5) is 0 Å². The van der Waals surface area contributed by atoms with Gasteiger partial charge in [-0.05, 0) is 12.3 Å². The Balaban J connectivity index is 3.00. The molecule has 0 amide bonds. The third kappa shape index (κ3) is 2.15. The summed E-state index contributed by atoms with van der Waals surface area (Å²) in [4.78, 5) is 15.1. The summed E-state index contributed by atoms with van der Waals surface area (Å²) in [6.45, 7) is 0. The molecule has 0 aliphatic rings. The summed E-state index contributed by atoms with van der Waals surface area (Å²) in [6.07, 6.45) is 4.85. The first-order valence-corrected chi connectivity index (χ1v) is 5.69. The molecule has 1 N–H and O–H groups in total. The van der Waals surface area contributed by atoms with E-state index in [0.717, 1.165) is 4.90 Å². The van der Waals surface area contributed by atoms with Crippen molar-refractivity contribution in [2.75, 3.05) is 6.26 Å². The lowest BCUT2D eigenvalue weighted by Crippen LogP contribution is -1.98. The monoisotopic (exact) mass is 201 g/mol. The van der Waals surface area contributed by atoms with Gasteiger partial charge in [-0.2, -0.15) is 0 Å². The second kappa shape index (κ2) is 4.37. The van der Waals surface area contributed by atoms with Crippen LogP contribution >= 0.6 is 21.6 Å². The van der Waals surface area contributed by atoms with Crippen LogP contribution in [0, 0.1) is 0 Å². The van der Waals surface area contributed by atoms with Crippen molar-refractivity contribution in [3.05, 3.63) is 24.0 Å². The number of rotatable bonds is 3. The van der Waals surface area contributed by atoms with Gasteiger partial charge in [0.05, 0.1) is 5.56 Å². The third-order valence-electron chi connectivity index (χ3n) is 1.18. The Labute approximate surface area is 78.0 Å². The van der Waals surface area contributed by atoms with Crippen LogP contribution < -0.4 is 0 Å². The van der Waals surface area contributed by atoms with Gasteiger partial charge in [0.15, 0.2) is 0 Å². The van der Waals surface area contributed by atoms with Crippen LogP contribution in [0.2, 0.25) is 0 Å². The minimum absolute atomic E-state index is 0.261. The molecule has 0 aliphatic carbocycles. The molecule has 0 saturated heterocycles. The predicted molar refractivity (Wildman–Crippen MR) is 50.6 cm³/mol. The minimum atomic E-state index is -0.931. The first-order valence-electron chi connectivity index (χ1n) is 3.13. The van der Waals surface area contributed by atoms with Gasteiger partial charge < -0.3 is 5.11 Å². The Bertz CT molecular complexity index is 290. The molecular formula is C7H7NO2S2. The Hall–Kier alpha value is -0.680. The summed E-state index contributed by atoms with van der Waals surface area (Å²) in [7, 11) is 2.94. The van der Waals surface area contributed by atoms with Gasteiger partial charge in [-0.25, -0.2) is 4.79 Å². The maximum absolute atomic E-state index is 10.6. The van der Waals surface area contributed by atoms with Crippen LogP contribution in [0.25, 0.3) is 0 Å². The number of aromatic carboxylic acids is 1. The van der Waals surface area contributed by atoms with Crippen LogP contribution in [0.3, 0.4) is 0 Å². The fourth-order valence-electron chi connectivity index (χ4n) is 0.705. The van der Waals surface area contributed by atoms with E-state index in [0.29, 0.717) is 0 Å². The molecule has 0 aromatic carbocycles. The van der Waals surface area contributed by atoms with Gasteiger partial charge >= 0.3 is 5.97 Å². The summed E-state index contributed by atoms with van der Waals surface area (Å²) in [6, 6.07) is 1.70. The fourth-order valence-corrected chi connectivity index (χ4v) is 2.21. The Morgan fingerprint density at radius 1 is 1.67 bits per heavy atom. The second-order valence-corrected chi connectivity index (χ2v) is 4.37. The molecule has 12 heavy (non-hydrogen) atoms. The Morgan fingerprint density at radius 2 is 2.42 bits per heavy atom. The lowest BCUT2D eigenvalue weighted by molar-refractivity contribution is 0.0692. The summed E-state index contributed by atoms with van der Waals surface area (Å²) in [5, 5.41) is 8.73. The fraction of sp³-hybridized carbons (Fsp3) is 0.143. The molecule has 0 spiro atoms. The molecule has 3 nitrogen and oxygen atoms in total. The minimum Gasteiger partial charge on any atom is -0.478 e. The average Bonchev–Trinajstić information content (AvgIpc) is 2.05. The van der Waals surface area contributed by atoms with Gasteiger partial charge in [0, 0.05) is 17.3 Å². The average molecular weight is 201 g/mol. The van der Waals surface area contributed by atoms with Crippen LogP contribution in [0.5, 0.6) is 0 Å². The number of nitrogens with zero attached hydrogens (tertiary/aromatic N) is 1. The predicted octanol–water partition coefficient (Wildman–Crippen LogP) is 2.15. The number of carboxylic acid groups (broad SMARTS) is 1. The van der Waals surface area contributed by atoms with E-state index in [2.05, 4.69) is 4.98 Å². The molecule has 1 heterocycles. The molecule has 0 fully saturated rings. The quantitative estimate of drug-likeness (QED) is 0.759. The van der Waals surface area contributed by atoms with Crippen LogP contribution in [-0.4, -0.2) is 22.3 Å². The topological polar surface area (TPSA) is 50.2 Å². The maximum Gasteiger partial charge on any atom is 0.338 e. The van der Waals surface area contributed by atoms with Crippen LogP contribution in [0.1, 0.15) is 10.4 Å². The van der Waals surface area contributed by atoms with Gasteiger partial charge in [-0.3, -0.25) is 4.98 Å². The zero-order valence-corrected chi connectivity index (χ0v) is 7.98. The van der Waals surface area contributed by atoms with Gasteiger partial charge in [-0.1, -0.05) is 21.6 Å². The summed E-state index contributed by atoms with van der Waals surface area (Å²) < 4.78 is 0. The van der Waals surface area contributed by atoms with E-state index in [1.54, 1.807) is 12.3 Å². The smallest absolute Gasteiger partial charge is 0.338 e. The molecule has 5 heteroatoms. The van der Waals surface area contributed by atoms with Crippen molar-refractivity contribution in [2.45, 2.75) is 4.90 Å². The number of pyridine rings is 1. The van der Waals surface area contributed by atoms with Crippen molar-refractivity contribution >= 4 is 27.6 Å². The molecule has 64 valence electrons. The van der Waals surface area contributed by atoms with Gasteiger partial charge in [0.2, 0.25) is 0 Å². The number of carbonyl (C=O) groups is 1. The maximum atomic E-state index is 10.6. The lowest BCUT2D eigenvalue weighted by atomic mass is 10.3. The molecule has 0 aliphatic heterocycles. The third-order valence-corrected chi connectivity index (χ3v) is 2.93. The molecule has 0 unspecified atom stereocenters. The standard InChI is InChI=1S/C7H7NO2S2/c1-11-12-6-2-3-8-4-5(6)7(9)10/h2-4H,1H3,(H,9,10). The molecule has 1 rings (SSSR count). The summed E-state index contributed by atoms with van der Waals surface area (Å²) in [5.41, 5.74) is 0.261. The van der Waals surface area contributed by atoms with E-state index in [1.807, 2.05) is 6.26 Å². The van der Waals surface area contributed by atoms with Gasteiger partial charge in [0.25, 0.3) is 0 Å². The Morgan fingerprint density at radius 3 is 3.00 bits per heavy atom. The van der Waals surface area contributed by atoms with E-state index in [9.17, 15) is 4.79 Å². The SMILES string of the molecule is CSSc1ccncc1C(=O)O. The van der Waals surface area contributed by atoms with Crippen molar-refractivity contribution in [3.8, 4) is 0 Å². The zero-order valence-electron chi connectivity index (χ0n) is 6.35. The molecule has 0 bridgehead atoms. The normalized spacial score (nSPS) is 9.75. The number of carboxylic acids is 1. The lowest BCUT2D eigenvalue weighted by Gasteiger charge is -2.00. The molecular weight excluding hydrogens is 194 g/mol. The van der Waals surface area contributed by atoms with Gasteiger partial charge in [0.1, 0.15) is 0 Å². The molecule has 0 saturated carbocycles. The number of hydrogen-bond donors (Lipinski definition) is 1. The first kappa shape index (κ1) is 9.41. The van der Waals surface area contributed by atoms with Crippen LogP contribution in [-0.2, 0) is 0 Å². The van der Waals surface area contributed by atoms with Crippen molar-refractivity contribution in [2.24, 2.45) is 0 Å². The molecule has 1 aromatic rings. The van der Waals surface area contributed by atoms with Crippen LogP contribution in [0.15, 0.2) is 23.4 Å². The highest BCUT2D eigenvalue weighted by molar-refractivity contribution is 8.76. The van der Waals surface area contributed by atoms with E-state index >= 15 is 0 Å². The molecule has 0 atom stereocenters. The largest absolute Gasteiger partial charge is 0.478 e. The van der Waals surface area contributed by atoms with Crippen molar-refractivity contribution in [1.29, 1.82) is 0 Å². The van der Waals surface area contributed by atoms with Crippen molar-refractivity contribution in [3.63, 3.8) is 0 Å². The number of hydrogen-bond acceptors (Lipinski definition) is 4. The summed E-state index contributed by atoms with van der Waals surface area (Å²) in [5.74, 6) is -0.931. The van der Waals surface area contributed by atoms with E-state index in [-0.39, 0.29) is 5.56 Å². The Kier molecular flexibility index (Phi) is 3.43. The van der Waals surface area contributed by atoms with E-state index < -0.39 is 5.97 Å². The highest BCUT2D eigenvalue weighted by Crippen LogP contribution is 2.30. The highest BCUT2D eigenvalue weighted by atomic mass is 33.1. The van der Waals surface area contributed by atoms with Crippen molar-refractivity contribution in [1.82, 2.24) is 4.98 Å². The second-order valence-electron chi connectivity index (χ2n) is 1.93. The molecule has 1 aromatic heterocycles. The van der Waals surface area contributed by atoms with E-state index in [4.69, 9.17) is 5.11 Å². The molecule has 0 radical (unpaired) electrons. The highest BCUT2D eigenvalue weighted by Gasteiger charge is 2.08.